The smallest absolute Gasteiger partial charge is 0.407 e. The van der Waals surface area contributed by atoms with E-state index < -0.39 is 6.09 Å². The first-order valence-electron chi connectivity index (χ1n) is 7.52. The second kappa shape index (κ2) is 5.16. The number of nitrogens with zero attached hydrogens (tertiary/aromatic N) is 5. The number of hydrogen-bond acceptors (Lipinski definition) is 6. The van der Waals surface area contributed by atoms with Crippen molar-refractivity contribution in [1.82, 2.24) is 20.1 Å². The maximum Gasteiger partial charge on any atom is 0.407 e. The minimum Gasteiger partial charge on any atom is -0.465 e. The van der Waals surface area contributed by atoms with Crippen molar-refractivity contribution < 1.29 is 9.90 Å². The van der Waals surface area contributed by atoms with E-state index in [0.717, 1.165) is 35.2 Å². The van der Waals surface area contributed by atoms with Gasteiger partial charge in [-0.25, -0.2) is 4.79 Å². The van der Waals surface area contributed by atoms with Gasteiger partial charge in [0, 0.05) is 24.7 Å². The molecule has 0 bridgehead atoms. The first-order chi connectivity index (χ1) is 11.0. The van der Waals surface area contributed by atoms with E-state index in [-0.39, 0.29) is 0 Å². The molecule has 8 heteroatoms. The Balaban J connectivity index is 1.60. The molecule has 0 radical (unpaired) electrons. The Morgan fingerprint density at radius 2 is 2.13 bits per heavy atom. The lowest BCUT2D eigenvalue weighted by atomic mass is 9.86. The number of aryl methyl sites for hydroxylation is 1. The molecule has 23 heavy (non-hydrogen) atoms. The third-order valence-electron chi connectivity index (χ3n) is 4.77. The lowest BCUT2D eigenvalue weighted by Gasteiger charge is -2.40. The molecule has 120 valence electrons. The number of pyridine rings is 1. The van der Waals surface area contributed by atoms with E-state index >= 15 is 0 Å². The predicted molar refractivity (Wildman–Crippen MR) is 85.8 cm³/mol. The van der Waals surface area contributed by atoms with Crippen molar-refractivity contribution in [2.75, 3.05) is 18.0 Å². The number of aromatic nitrogens is 3. The van der Waals surface area contributed by atoms with E-state index in [9.17, 15) is 9.90 Å². The van der Waals surface area contributed by atoms with Gasteiger partial charge < -0.3 is 10.0 Å². The van der Waals surface area contributed by atoms with Gasteiger partial charge in [-0.3, -0.25) is 9.88 Å². The quantitative estimate of drug-likeness (QED) is 0.908. The normalized spacial score (nSPS) is 17.3. The summed E-state index contributed by atoms with van der Waals surface area (Å²) in [6.45, 7) is 6.80. The number of carbonyl (C=O) groups is 1. The first kappa shape index (κ1) is 14.4. The molecule has 2 aliphatic heterocycles. The summed E-state index contributed by atoms with van der Waals surface area (Å²) in [4.78, 5) is 19.5. The van der Waals surface area contributed by atoms with Crippen molar-refractivity contribution in [3.8, 4) is 0 Å². The lowest BCUT2D eigenvalue weighted by Crippen LogP contribution is -2.45. The second-order valence-corrected chi connectivity index (χ2v) is 6.93. The van der Waals surface area contributed by atoms with Gasteiger partial charge >= 0.3 is 6.09 Å². The van der Waals surface area contributed by atoms with Crippen molar-refractivity contribution in [3.05, 3.63) is 33.6 Å². The van der Waals surface area contributed by atoms with Gasteiger partial charge in [0.2, 0.25) is 5.13 Å². The number of anilines is 1. The molecule has 4 rings (SSSR count). The Bertz CT molecular complexity index is 771. The SMILES string of the molecule is Cc1nc2c(c(C)c1C1CN(c3nncs3)C1)CN(C(=O)O)C2. The summed E-state index contributed by atoms with van der Waals surface area (Å²) in [5, 5.41) is 18.2. The number of carboxylic acid groups (broad SMARTS) is 1. The number of fused-ring (bicyclic) bond motifs is 1. The molecule has 2 aromatic heterocycles. The van der Waals surface area contributed by atoms with Gasteiger partial charge in [-0.05, 0) is 30.5 Å². The Hall–Kier alpha value is -2.22. The van der Waals surface area contributed by atoms with E-state index in [1.165, 1.54) is 16.0 Å². The average molecular weight is 331 g/mol. The predicted octanol–water partition coefficient (Wildman–Crippen LogP) is 2.15. The Kier molecular flexibility index (Phi) is 3.22. The zero-order valence-corrected chi connectivity index (χ0v) is 13.8. The van der Waals surface area contributed by atoms with Crippen LogP contribution in [-0.2, 0) is 13.1 Å². The fourth-order valence-electron chi connectivity index (χ4n) is 3.61. The fraction of sp³-hybridized carbons (Fsp3) is 0.467. The fourth-order valence-corrected chi connectivity index (χ4v) is 4.19. The Labute approximate surface area is 137 Å². The van der Waals surface area contributed by atoms with Crippen LogP contribution in [0.1, 0.15) is 34.0 Å². The maximum atomic E-state index is 11.2. The van der Waals surface area contributed by atoms with Crippen molar-refractivity contribution in [1.29, 1.82) is 0 Å². The van der Waals surface area contributed by atoms with E-state index in [1.807, 2.05) is 6.92 Å². The highest BCUT2D eigenvalue weighted by Gasteiger charge is 2.35. The van der Waals surface area contributed by atoms with Crippen LogP contribution in [-0.4, -0.2) is 44.4 Å². The van der Waals surface area contributed by atoms with E-state index in [0.29, 0.717) is 19.0 Å². The maximum absolute atomic E-state index is 11.2. The molecule has 1 N–H and O–H groups in total. The lowest BCUT2D eigenvalue weighted by molar-refractivity contribution is 0.145. The molecule has 0 aliphatic carbocycles. The van der Waals surface area contributed by atoms with E-state index in [4.69, 9.17) is 0 Å². The van der Waals surface area contributed by atoms with Gasteiger partial charge in [-0.2, -0.15) is 0 Å². The molecule has 0 aromatic carbocycles. The highest BCUT2D eigenvalue weighted by Crippen LogP contribution is 2.38. The second-order valence-electron chi connectivity index (χ2n) is 6.12. The summed E-state index contributed by atoms with van der Waals surface area (Å²) in [6, 6.07) is 0. The zero-order valence-electron chi connectivity index (χ0n) is 13.0. The molecule has 1 saturated heterocycles. The van der Waals surface area contributed by atoms with Crippen molar-refractivity contribution in [2.24, 2.45) is 0 Å². The van der Waals surface area contributed by atoms with Crippen LogP contribution in [0, 0.1) is 13.8 Å². The molecule has 1 amide bonds. The van der Waals surface area contributed by atoms with Gasteiger partial charge in [-0.15, -0.1) is 10.2 Å². The summed E-state index contributed by atoms with van der Waals surface area (Å²) in [5.41, 5.74) is 7.25. The molecule has 0 unspecified atom stereocenters. The summed E-state index contributed by atoms with van der Waals surface area (Å²) in [7, 11) is 0. The molecule has 0 saturated carbocycles. The molecular formula is C15H17N5O2S. The van der Waals surface area contributed by atoms with Gasteiger partial charge in [0.05, 0.1) is 18.8 Å². The van der Waals surface area contributed by atoms with Crippen LogP contribution >= 0.6 is 11.3 Å². The molecule has 7 nitrogen and oxygen atoms in total. The minimum atomic E-state index is -0.882. The number of hydrogen-bond donors (Lipinski definition) is 1. The topological polar surface area (TPSA) is 82.5 Å². The Morgan fingerprint density at radius 3 is 2.78 bits per heavy atom. The molecule has 2 aliphatic rings. The van der Waals surface area contributed by atoms with Crippen molar-refractivity contribution in [3.63, 3.8) is 0 Å². The summed E-state index contributed by atoms with van der Waals surface area (Å²) >= 11 is 1.55. The zero-order chi connectivity index (χ0) is 16.1. The van der Waals surface area contributed by atoms with Crippen LogP contribution in [0.2, 0.25) is 0 Å². The van der Waals surface area contributed by atoms with Crippen LogP contribution in [0.25, 0.3) is 0 Å². The van der Waals surface area contributed by atoms with Crippen molar-refractivity contribution >= 4 is 22.6 Å². The minimum absolute atomic E-state index is 0.397. The van der Waals surface area contributed by atoms with Crippen LogP contribution in [0.15, 0.2) is 5.51 Å². The molecule has 0 spiro atoms. The number of amides is 1. The molecule has 4 heterocycles. The standard InChI is InChI=1S/C15H17N5O2S/c1-8-11-5-20(15(21)22)6-12(11)17-9(2)13(8)10-3-19(4-10)14-18-16-7-23-14/h7,10H,3-6H2,1-2H3,(H,21,22). The Morgan fingerprint density at radius 1 is 1.35 bits per heavy atom. The third-order valence-corrected chi connectivity index (χ3v) is 5.52. The summed E-state index contributed by atoms with van der Waals surface area (Å²) < 4.78 is 0. The molecular weight excluding hydrogens is 314 g/mol. The van der Waals surface area contributed by atoms with Gasteiger partial charge in [0.1, 0.15) is 5.51 Å². The van der Waals surface area contributed by atoms with Crippen LogP contribution in [0.5, 0.6) is 0 Å². The summed E-state index contributed by atoms with van der Waals surface area (Å²) in [6.07, 6.45) is -0.882. The monoisotopic (exact) mass is 331 g/mol. The largest absolute Gasteiger partial charge is 0.465 e. The van der Waals surface area contributed by atoms with E-state index in [2.05, 4.69) is 27.0 Å². The third kappa shape index (κ3) is 2.24. The van der Waals surface area contributed by atoms with Crippen LogP contribution in [0.3, 0.4) is 0 Å². The highest BCUT2D eigenvalue weighted by molar-refractivity contribution is 7.13. The first-order valence-corrected chi connectivity index (χ1v) is 8.40. The van der Waals surface area contributed by atoms with Crippen LogP contribution < -0.4 is 4.90 Å². The number of rotatable bonds is 2. The van der Waals surface area contributed by atoms with Gasteiger partial charge in [0.15, 0.2) is 0 Å². The van der Waals surface area contributed by atoms with Gasteiger partial charge in [-0.1, -0.05) is 11.3 Å². The summed E-state index contributed by atoms with van der Waals surface area (Å²) in [5.74, 6) is 0.426. The molecule has 1 fully saturated rings. The van der Waals surface area contributed by atoms with Crippen LogP contribution in [0.4, 0.5) is 9.93 Å². The van der Waals surface area contributed by atoms with Crippen molar-refractivity contribution in [2.45, 2.75) is 32.9 Å². The molecule has 0 atom stereocenters. The average Bonchev–Trinajstić information content (AvgIpc) is 3.09. The van der Waals surface area contributed by atoms with Gasteiger partial charge in [0.25, 0.3) is 0 Å². The molecule has 2 aromatic rings. The van der Waals surface area contributed by atoms with E-state index in [1.54, 1.807) is 16.8 Å². The highest BCUT2D eigenvalue weighted by atomic mass is 32.1.